The molecule has 94 valence electrons. The van der Waals surface area contributed by atoms with Gasteiger partial charge in [0.25, 0.3) is 0 Å². The normalized spacial score (nSPS) is 27.2. The minimum Gasteiger partial charge on any atom is -0.314 e. The third-order valence-corrected chi connectivity index (χ3v) is 4.13. The predicted octanol–water partition coefficient (Wildman–Crippen LogP) is 1.36. The highest BCUT2D eigenvalue weighted by molar-refractivity contribution is 4.82. The molecule has 0 radical (unpaired) electrons. The number of hydrogen-bond acceptors (Lipinski definition) is 3. The molecular weight excluding hydrogens is 198 g/mol. The second kappa shape index (κ2) is 5.99. The van der Waals surface area contributed by atoms with Gasteiger partial charge < -0.3 is 5.32 Å². The van der Waals surface area contributed by atoms with Crippen LogP contribution in [-0.4, -0.2) is 56.2 Å². The molecule has 2 rings (SSSR count). The number of nitrogens with one attached hydrogen (secondary N) is 1. The van der Waals surface area contributed by atoms with Crippen molar-refractivity contribution in [3.05, 3.63) is 0 Å². The number of rotatable bonds is 3. The van der Waals surface area contributed by atoms with Gasteiger partial charge in [0, 0.05) is 26.2 Å². The lowest BCUT2D eigenvalue weighted by Crippen LogP contribution is -2.56. The zero-order valence-electron chi connectivity index (χ0n) is 10.9. The number of hydrogen-bond donors (Lipinski definition) is 1. The molecule has 0 aromatic heterocycles. The van der Waals surface area contributed by atoms with E-state index in [2.05, 4.69) is 29.2 Å². The van der Waals surface area contributed by atoms with E-state index < -0.39 is 0 Å². The van der Waals surface area contributed by atoms with E-state index in [4.69, 9.17) is 0 Å². The SMILES string of the molecule is CN(C)C(C1CCCCC1)N1CCNCC1. The van der Waals surface area contributed by atoms with Crippen molar-refractivity contribution >= 4 is 0 Å². The van der Waals surface area contributed by atoms with Crippen LogP contribution in [0.25, 0.3) is 0 Å². The lowest BCUT2D eigenvalue weighted by atomic mass is 9.86. The van der Waals surface area contributed by atoms with Crippen molar-refractivity contribution in [2.24, 2.45) is 5.92 Å². The smallest absolute Gasteiger partial charge is 0.0647 e. The van der Waals surface area contributed by atoms with E-state index in [1.54, 1.807) is 0 Å². The lowest BCUT2D eigenvalue weighted by molar-refractivity contribution is 0.00968. The van der Waals surface area contributed by atoms with Gasteiger partial charge >= 0.3 is 0 Å². The molecule has 2 fully saturated rings. The minimum atomic E-state index is 0.683. The van der Waals surface area contributed by atoms with Gasteiger partial charge in [-0.05, 0) is 32.9 Å². The summed E-state index contributed by atoms with van der Waals surface area (Å²) in [6.07, 6.45) is 7.90. The first-order chi connectivity index (χ1) is 7.79. The molecule has 0 aromatic carbocycles. The standard InChI is InChI=1S/C13H27N3/c1-15(2)13(12-6-4-3-5-7-12)16-10-8-14-9-11-16/h12-14H,3-11H2,1-2H3. The molecular formula is C13H27N3. The van der Waals surface area contributed by atoms with Crippen molar-refractivity contribution in [1.82, 2.24) is 15.1 Å². The summed E-state index contributed by atoms with van der Waals surface area (Å²) >= 11 is 0. The highest BCUT2D eigenvalue weighted by Gasteiger charge is 2.30. The van der Waals surface area contributed by atoms with Gasteiger partial charge in [-0.3, -0.25) is 9.80 Å². The molecule has 1 unspecified atom stereocenters. The Hall–Kier alpha value is -0.120. The molecule has 1 aliphatic heterocycles. The van der Waals surface area contributed by atoms with E-state index in [-0.39, 0.29) is 0 Å². The van der Waals surface area contributed by atoms with E-state index in [0.29, 0.717) is 6.17 Å². The zero-order valence-corrected chi connectivity index (χ0v) is 10.9. The second-order valence-corrected chi connectivity index (χ2v) is 5.56. The molecule has 0 amide bonds. The van der Waals surface area contributed by atoms with Gasteiger partial charge in [-0.1, -0.05) is 19.3 Å². The Morgan fingerprint density at radius 3 is 2.25 bits per heavy atom. The van der Waals surface area contributed by atoms with Crippen LogP contribution < -0.4 is 5.32 Å². The van der Waals surface area contributed by atoms with Crippen LogP contribution in [0.3, 0.4) is 0 Å². The molecule has 3 nitrogen and oxygen atoms in total. The van der Waals surface area contributed by atoms with E-state index in [0.717, 1.165) is 19.0 Å². The Morgan fingerprint density at radius 2 is 1.69 bits per heavy atom. The summed E-state index contributed by atoms with van der Waals surface area (Å²) in [6, 6.07) is 0. The molecule has 1 aliphatic carbocycles. The van der Waals surface area contributed by atoms with Crippen molar-refractivity contribution in [2.45, 2.75) is 38.3 Å². The van der Waals surface area contributed by atoms with Gasteiger partial charge in [-0.2, -0.15) is 0 Å². The number of nitrogens with zero attached hydrogens (tertiary/aromatic N) is 2. The van der Waals surface area contributed by atoms with E-state index >= 15 is 0 Å². The molecule has 3 heteroatoms. The average molecular weight is 225 g/mol. The first kappa shape index (κ1) is 12.3. The molecule has 0 aromatic rings. The summed E-state index contributed by atoms with van der Waals surface area (Å²) in [7, 11) is 4.50. The molecule has 2 aliphatic rings. The summed E-state index contributed by atoms with van der Waals surface area (Å²) in [6.45, 7) is 4.77. The third kappa shape index (κ3) is 2.96. The van der Waals surface area contributed by atoms with Crippen molar-refractivity contribution in [3.63, 3.8) is 0 Å². The summed E-state index contributed by atoms with van der Waals surface area (Å²) in [5.41, 5.74) is 0. The largest absolute Gasteiger partial charge is 0.314 e. The maximum Gasteiger partial charge on any atom is 0.0647 e. The lowest BCUT2D eigenvalue weighted by Gasteiger charge is -2.44. The van der Waals surface area contributed by atoms with Crippen LogP contribution in [0.4, 0.5) is 0 Å². The first-order valence-corrected chi connectivity index (χ1v) is 6.90. The molecule has 1 heterocycles. The Morgan fingerprint density at radius 1 is 1.06 bits per heavy atom. The van der Waals surface area contributed by atoms with Gasteiger partial charge in [-0.25, -0.2) is 0 Å². The van der Waals surface area contributed by atoms with Gasteiger partial charge in [0.2, 0.25) is 0 Å². The second-order valence-electron chi connectivity index (χ2n) is 5.56. The van der Waals surface area contributed by atoms with Crippen molar-refractivity contribution < 1.29 is 0 Å². The Bertz CT molecular complexity index is 175. The molecule has 1 atom stereocenters. The fourth-order valence-electron chi connectivity index (χ4n) is 3.43. The van der Waals surface area contributed by atoms with Gasteiger partial charge in [0.05, 0.1) is 6.17 Å². The summed E-state index contributed by atoms with van der Waals surface area (Å²) in [4.78, 5) is 5.13. The molecule has 0 bridgehead atoms. The molecule has 1 saturated carbocycles. The summed E-state index contributed by atoms with van der Waals surface area (Å²) in [5.74, 6) is 0.904. The van der Waals surface area contributed by atoms with Crippen LogP contribution in [0, 0.1) is 5.92 Å². The van der Waals surface area contributed by atoms with E-state index in [1.807, 2.05) is 0 Å². The summed E-state index contributed by atoms with van der Waals surface area (Å²) in [5, 5.41) is 3.45. The van der Waals surface area contributed by atoms with Crippen LogP contribution in [0.1, 0.15) is 32.1 Å². The molecule has 0 spiro atoms. The molecule has 16 heavy (non-hydrogen) atoms. The first-order valence-electron chi connectivity index (χ1n) is 6.90. The zero-order chi connectivity index (χ0) is 11.4. The fourth-order valence-corrected chi connectivity index (χ4v) is 3.43. The average Bonchev–Trinajstić information content (AvgIpc) is 2.31. The Balaban J connectivity index is 1.96. The van der Waals surface area contributed by atoms with Crippen LogP contribution in [0.2, 0.25) is 0 Å². The van der Waals surface area contributed by atoms with E-state index in [1.165, 1.54) is 45.2 Å². The van der Waals surface area contributed by atoms with Crippen LogP contribution in [-0.2, 0) is 0 Å². The molecule has 1 N–H and O–H groups in total. The topological polar surface area (TPSA) is 18.5 Å². The summed E-state index contributed by atoms with van der Waals surface area (Å²) < 4.78 is 0. The monoisotopic (exact) mass is 225 g/mol. The number of piperazine rings is 1. The van der Waals surface area contributed by atoms with Gasteiger partial charge in [-0.15, -0.1) is 0 Å². The Kier molecular flexibility index (Phi) is 4.62. The maximum absolute atomic E-state index is 3.45. The van der Waals surface area contributed by atoms with Crippen molar-refractivity contribution in [2.75, 3.05) is 40.3 Å². The highest BCUT2D eigenvalue weighted by Crippen LogP contribution is 2.30. The van der Waals surface area contributed by atoms with Crippen molar-refractivity contribution in [3.8, 4) is 0 Å². The molecule has 1 saturated heterocycles. The highest BCUT2D eigenvalue weighted by atomic mass is 15.4. The third-order valence-electron chi connectivity index (χ3n) is 4.13. The quantitative estimate of drug-likeness (QED) is 0.782. The van der Waals surface area contributed by atoms with Crippen LogP contribution in [0.5, 0.6) is 0 Å². The van der Waals surface area contributed by atoms with E-state index in [9.17, 15) is 0 Å². The maximum atomic E-state index is 3.45. The van der Waals surface area contributed by atoms with Gasteiger partial charge in [0.1, 0.15) is 0 Å². The van der Waals surface area contributed by atoms with Crippen LogP contribution >= 0.6 is 0 Å². The predicted molar refractivity (Wildman–Crippen MR) is 68.5 cm³/mol. The fraction of sp³-hybridized carbons (Fsp3) is 1.00. The van der Waals surface area contributed by atoms with Crippen LogP contribution in [0.15, 0.2) is 0 Å². The minimum absolute atomic E-state index is 0.683. The Labute approximate surface area is 100 Å². The van der Waals surface area contributed by atoms with Crippen molar-refractivity contribution in [1.29, 1.82) is 0 Å². The van der Waals surface area contributed by atoms with Gasteiger partial charge in [0.15, 0.2) is 0 Å².